The van der Waals surface area contributed by atoms with Crippen LogP contribution in [0.5, 0.6) is 0 Å². The first-order chi connectivity index (χ1) is 11.2. The summed E-state index contributed by atoms with van der Waals surface area (Å²) in [5.41, 5.74) is 2.15. The van der Waals surface area contributed by atoms with E-state index in [0.29, 0.717) is 31.2 Å². The van der Waals surface area contributed by atoms with Crippen LogP contribution in [0, 0.1) is 0 Å². The molecular weight excluding hydrogens is 288 g/mol. The molecule has 0 spiro atoms. The molecular formula is C20H24O3. The molecule has 0 aliphatic carbocycles. The van der Waals surface area contributed by atoms with Gasteiger partial charge in [0.2, 0.25) is 0 Å². The van der Waals surface area contributed by atoms with E-state index in [2.05, 4.69) is 0 Å². The Morgan fingerprint density at radius 2 is 1.35 bits per heavy atom. The molecule has 122 valence electrons. The zero-order chi connectivity index (χ0) is 16.5. The molecule has 0 aliphatic heterocycles. The second kappa shape index (κ2) is 9.01. The van der Waals surface area contributed by atoms with Crippen molar-refractivity contribution in [2.45, 2.75) is 39.6 Å². The molecule has 3 nitrogen and oxygen atoms in total. The van der Waals surface area contributed by atoms with E-state index >= 15 is 0 Å². The highest BCUT2D eigenvalue weighted by Gasteiger charge is 2.15. The maximum absolute atomic E-state index is 10.0. The van der Waals surface area contributed by atoms with Gasteiger partial charge in [-0.3, -0.25) is 0 Å². The Balaban J connectivity index is 2.05. The van der Waals surface area contributed by atoms with Gasteiger partial charge in [-0.1, -0.05) is 67.6 Å². The summed E-state index contributed by atoms with van der Waals surface area (Å²) in [6.45, 7) is 4.57. The van der Waals surface area contributed by atoms with E-state index < -0.39 is 6.10 Å². The van der Waals surface area contributed by atoms with Crippen LogP contribution in [0.15, 0.2) is 72.2 Å². The molecule has 0 amide bonds. The van der Waals surface area contributed by atoms with Gasteiger partial charge in [-0.15, -0.1) is 0 Å². The second-order valence-electron chi connectivity index (χ2n) is 5.37. The molecule has 0 radical (unpaired) electrons. The van der Waals surface area contributed by atoms with Crippen LogP contribution in [-0.4, -0.2) is 11.2 Å². The predicted octanol–water partition coefficient (Wildman–Crippen LogP) is 4.42. The average Bonchev–Trinajstić information content (AvgIpc) is 2.59. The van der Waals surface area contributed by atoms with E-state index in [1.807, 2.05) is 67.6 Å². The van der Waals surface area contributed by atoms with Crippen molar-refractivity contribution in [2.24, 2.45) is 0 Å². The third kappa shape index (κ3) is 5.46. The summed E-state index contributed by atoms with van der Waals surface area (Å²) in [6, 6.07) is 19.9. The molecule has 2 rings (SSSR count). The lowest BCUT2D eigenvalue weighted by Crippen LogP contribution is -2.13. The summed E-state index contributed by atoms with van der Waals surface area (Å²) >= 11 is 0. The standard InChI is InChI=1S/C20H24O3/c1-3-19(22-14-17-10-6-4-7-11-17)20(16(2)21)23-15-18-12-8-5-9-13-18/h4-13,16,21H,3,14-15H2,1-2H3/b20-19-/t16-/m1/s1. The number of aliphatic hydroxyl groups excluding tert-OH is 1. The van der Waals surface area contributed by atoms with Gasteiger partial charge in [0.25, 0.3) is 0 Å². The molecule has 0 heterocycles. The fourth-order valence-electron chi connectivity index (χ4n) is 2.26. The Labute approximate surface area is 138 Å². The number of hydrogen-bond acceptors (Lipinski definition) is 3. The molecule has 0 fully saturated rings. The van der Waals surface area contributed by atoms with Crippen molar-refractivity contribution in [3.05, 3.63) is 83.3 Å². The third-order valence-corrected chi connectivity index (χ3v) is 3.47. The smallest absolute Gasteiger partial charge is 0.162 e. The largest absolute Gasteiger partial charge is 0.490 e. The van der Waals surface area contributed by atoms with Crippen molar-refractivity contribution < 1.29 is 14.6 Å². The molecule has 2 aromatic rings. The van der Waals surface area contributed by atoms with E-state index in [1.54, 1.807) is 6.92 Å². The van der Waals surface area contributed by atoms with Gasteiger partial charge in [0.1, 0.15) is 25.1 Å². The fraction of sp³-hybridized carbons (Fsp3) is 0.300. The van der Waals surface area contributed by atoms with Crippen molar-refractivity contribution in [1.82, 2.24) is 0 Å². The van der Waals surface area contributed by atoms with Crippen molar-refractivity contribution in [3.63, 3.8) is 0 Å². The zero-order valence-electron chi connectivity index (χ0n) is 13.7. The molecule has 23 heavy (non-hydrogen) atoms. The Hall–Kier alpha value is -2.26. The van der Waals surface area contributed by atoms with E-state index in [9.17, 15) is 5.11 Å². The third-order valence-electron chi connectivity index (χ3n) is 3.47. The number of hydrogen-bond donors (Lipinski definition) is 1. The number of allylic oxidation sites excluding steroid dienone is 1. The van der Waals surface area contributed by atoms with E-state index in [4.69, 9.17) is 9.47 Å². The molecule has 0 saturated carbocycles. The number of aliphatic hydroxyl groups is 1. The highest BCUT2D eigenvalue weighted by molar-refractivity contribution is 5.16. The maximum Gasteiger partial charge on any atom is 0.162 e. The van der Waals surface area contributed by atoms with Gasteiger partial charge in [0.15, 0.2) is 5.76 Å². The van der Waals surface area contributed by atoms with Crippen LogP contribution in [0.1, 0.15) is 31.4 Å². The molecule has 0 unspecified atom stereocenters. The highest BCUT2D eigenvalue weighted by Crippen LogP contribution is 2.19. The summed E-state index contributed by atoms with van der Waals surface area (Å²) in [7, 11) is 0. The SMILES string of the molecule is CC/C(OCc1ccccc1)=C(/OCc1ccccc1)[C@@H](C)O. The van der Waals surface area contributed by atoms with Gasteiger partial charge in [0, 0.05) is 6.42 Å². The number of benzene rings is 2. The quantitative estimate of drug-likeness (QED) is 0.733. The molecule has 0 saturated heterocycles. The summed E-state index contributed by atoms with van der Waals surface area (Å²) in [5.74, 6) is 1.20. The van der Waals surface area contributed by atoms with Crippen LogP contribution < -0.4 is 0 Å². The number of rotatable bonds is 8. The summed E-state index contributed by atoms with van der Waals surface area (Å²) in [6.07, 6.45) is -0.0357. The van der Waals surface area contributed by atoms with Gasteiger partial charge in [-0.25, -0.2) is 0 Å². The monoisotopic (exact) mass is 312 g/mol. The Morgan fingerprint density at radius 3 is 1.78 bits per heavy atom. The highest BCUT2D eigenvalue weighted by atomic mass is 16.5. The van der Waals surface area contributed by atoms with E-state index in [1.165, 1.54) is 0 Å². The van der Waals surface area contributed by atoms with Crippen molar-refractivity contribution in [2.75, 3.05) is 0 Å². The predicted molar refractivity (Wildman–Crippen MR) is 91.5 cm³/mol. The molecule has 3 heteroatoms. The first-order valence-corrected chi connectivity index (χ1v) is 7.95. The second-order valence-corrected chi connectivity index (χ2v) is 5.37. The van der Waals surface area contributed by atoms with Gasteiger partial charge in [-0.2, -0.15) is 0 Å². The molecule has 2 aromatic carbocycles. The molecule has 0 aliphatic rings. The minimum Gasteiger partial charge on any atom is -0.490 e. The first-order valence-electron chi connectivity index (χ1n) is 7.95. The molecule has 1 atom stereocenters. The van der Waals surface area contributed by atoms with Crippen molar-refractivity contribution in [1.29, 1.82) is 0 Å². The van der Waals surface area contributed by atoms with Crippen LogP contribution in [0.3, 0.4) is 0 Å². The lowest BCUT2D eigenvalue weighted by atomic mass is 10.2. The first kappa shape index (κ1) is 17.1. The van der Waals surface area contributed by atoms with E-state index in [-0.39, 0.29) is 0 Å². The zero-order valence-corrected chi connectivity index (χ0v) is 13.7. The average molecular weight is 312 g/mol. The van der Waals surface area contributed by atoms with Crippen molar-refractivity contribution >= 4 is 0 Å². The van der Waals surface area contributed by atoms with Gasteiger partial charge in [0.05, 0.1) is 0 Å². The van der Waals surface area contributed by atoms with Gasteiger partial charge >= 0.3 is 0 Å². The van der Waals surface area contributed by atoms with Gasteiger partial charge in [-0.05, 0) is 18.1 Å². The normalized spacial score (nSPS) is 13.2. The Kier molecular flexibility index (Phi) is 6.70. The molecule has 0 aromatic heterocycles. The van der Waals surface area contributed by atoms with Crippen LogP contribution in [0.4, 0.5) is 0 Å². The Morgan fingerprint density at radius 1 is 0.870 bits per heavy atom. The maximum atomic E-state index is 10.0. The minimum absolute atomic E-state index is 0.416. The van der Waals surface area contributed by atoms with Crippen LogP contribution in [0.25, 0.3) is 0 Å². The molecule has 1 N–H and O–H groups in total. The fourth-order valence-corrected chi connectivity index (χ4v) is 2.26. The van der Waals surface area contributed by atoms with Crippen LogP contribution in [-0.2, 0) is 22.7 Å². The van der Waals surface area contributed by atoms with Gasteiger partial charge < -0.3 is 14.6 Å². The Bertz CT molecular complexity index is 603. The summed E-state index contributed by atoms with van der Waals surface area (Å²) in [4.78, 5) is 0. The topological polar surface area (TPSA) is 38.7 Å². The summed E-state index contributed by atoms with van der Waals surface area (Å²) in [5, 5.41) is 10.0. The van der Waals surface area contributed by atoms with Crippen LogP contribution >= 0.6 is 0 Å². The molecule has 0 bridgehead atoms. The van der Waals surface area contributed by atoms with E-state index in [0.717, 1.165) is 11.1 Å². The summed E-state index contributed by atoms with van der Waals surface area (Å²) < 4.78 is 11.7. The lowest BCUT2D eigenvalue weighted by Gasteiger charge is -2.18. The minimum atomic E-state index is -0.704. The van der Waals surface area contributed by atoms with Crippen molar-refractivity contribution in [3.8, 4) is 0 Å². The van der Waals surface area contributed by atoms with Crippen LogP contribution in [0.2, 0.25) is 0 Å². The lowest BCUT2D eigenvalue weighted by molar-refractivity contribution is 0.0733. The number of ether oxygens (including phenoxy) is 2.